The molecule has 4 heteroatoms. The minimum absolute atomic E-state index is 0.188. The Bertz CT molecular complexity index is 960. The molecule has 1 atom stereocenters. The topological polar surface area (TPSA) is 37.9 Å². The molecular formula is C19H15ClN2O. The Morgan fingerprint density at radius 1 is 0.957 bits per heavy atom. The average molecular weight is 323 g/mol. The van der Waals surface area contributed by atoms with Crippen LogP contribution in [0.15, 0.2) is 60.7 Å². The van der Waals surface area contributed by atoms with Crippen molar-refractivity contribution in [3.63, 3.8) is 0 Å². The monoisotopic (exact) mass is 322 g/mol. The Hall–Kier alpha value is -2.52. The molecular weight excluding hydrogens is 308 g/mol. The molecule has 0 spiro atoms. The molecule has 0 radical (unpaired) electrons. The molecule has 0 aliphatic rings. The average Bonchev–Trinajstić information content (AvgIpc) is 3.02. The smallest absolute Gasteiger partial charge is 0.153 e. The van der Waals surface area contributed by atoms with Crippen LogP contribution in [-0.4, -0.2) is 9.97 Å². The minimum atomic E-state index is -0.188. The second-order valence-electron chi connectivity index (χ2n) is 5.49. The fourth-order valence-electron chi connectivity index (χ4n) is 2.75. The molecule has 1 aromatic heterocycles. The van der Waals surface area contributed by atoms with Gasteiger partial charge in [0.1, 0.15) is 11.6 Å². The first-order valence-corrected chi connectivity index (χ1v) is 7.89. The quantitative estimate of drug-likeness (QED) is 0.540. The second-order valence-corrected chi connectivity index (χ2v) is 5.90. The highest BCUT2D eigenvalue weighted by Gasteiger charge is 2.14. The summed E-state index contributed by atoms with van der Waals surface area (Å²) in [5.74, 6) is 1.61. The lowest BCUT2D eigenvalue weighted by Gasteiger charge is -2.15. The second kappa shape index (κ2) is 5.60. The van der Waals surface area contributed by atoms with E-state index in [-0.39, 0.29) is 6.10 Å². The van der Waals surface area contributed by atoms with E-state index in [9.17, 15) is 0 Å². The van der Waals surface area contributed by atoms with Crippen LogP contribution in [0.4, 0.5) is 0 Å². The molecule has 0 bridgehead atoms. The highest BCUT2D eigenvalue weighted by Crippen LogP contribution is 2.33. The van der Waals surface area contributed by atoms with E-state index in [4.69, 9.17) is 16.3 Å². The van der Waals surface area contributed by atoms with Crippen molar-refractivity contribution in [1.82, 2.24) is 9.97 Å². The normalized spacial score (nSPS) is 12.6. The Kier molecular flexibility index (Phi) is 3.43. The summed E-state index contributed by atoms with van der Waals surface area (Å²) < 4.78 is 6.15. The standard InChI is InChI=1S/C19H15ClN2O/c1-12(19-21-16-8-4-5-9-17(16)22-19)23-18-11-10-15(20)13-6-2-3-7-14(13)18/h2-12H,1H3,(H,21,22). The number of nitrogens with zero attached hydrogens (tertiary/aromatic N) is 1. The van der Waals surface area contributed by atoms with Crippen LogP contribution in [0.1, 0.15) is 18.9 Å². The van der Waals surface area contributed by atoms with Gasteiger partial charge in [0, 0.05) is 15.8 Å². The first-order valence-electron chi connectivity index (χ1n) is 7.51. The van der Waals surface area contributed by atoms with Gasteiger partial charge in [-0.25, -0.2) is 4.98 Å². The molecule has 4 rings (SSSR count). The maximum absolute atomic E-state index is 6.26. The van der Waals surface area contributed by atoms with Crippen LogP contribution >= 0.6 is 11.6 Å². The van der Waals surface area contributed by atoms with Crippen molar-refractivity contribution in [3.05, 3.63) is 71.5 Å². The fourth-order valence-corrected chi connectivity index (χ4v) is 2.98. The van der Waals surface area contributed by atoms with Crippen molar-refractivity contribution in [3.8, 4) is 5.75 Å². The summed E-state index contributed by atoms with van der Waals surface area (Å²) >= 11 is 6.26. The van der Waals surface area contributed by atoms with E-state index in [2.05, 4.69) is 9.97 Å². The predicted molar refractivity (Wildman–Crippen MR) is 94.1 cm³/mol. The van der Waals surface area contributed by atoms with Crippen molar-refractivity contribution < 1.29 is 4.74 Å². The molecule has 0 aliphatic carbocycles. The van der Waals surface area contributed by atoms with E-state index in [0.29, 0.717) is 0 Å². The number of nitrogens with one attached hydrogen (secondary N) is 1. The summed E-state index contributed by atoms with van der Waals surface area (Å²) in [5.41, 5.74) is 1.96. The number of ether oxygens (including phenoxy) is 1. The van der Waals surface area contributed by atoms with Crippen LogP contribution in [0.25, 0.3) is 21.8 Å². The lowest BCUT2D eigenvalue weighted by atomic mass is 10.1. The number of imidazole rings is 1. The van der Waals surface area contributed by atoms with Crippen molar-refractivity contribution >= 4 is 33.4 Å². The van der Waals surface area contributed by atoms with Gasteiger partial charge in [0.2, 0.25) is 0 Å². The summed E-state index contributed by atoms with van der Waals surface area (Å²) in [6.45, 7) is 1.99. The van der Waals surface area contributed by atoms with Crippen LogP contribution in [-0.2, 0) is 0 Å². The number of benzene rings is 3. The largest absolute Gasteiger partial charge is 0.482 e. The van der Waals surface area contributed by atoms with Gasteiger partial charge in [-0.1, -0.05) is 48.0 Å². The molecule has 0 saturated carbocycles. The first-order chi connectivity index (χ1) is 11.2. The molecule has 0 aliphatic heterocycles. The van der Waals surface area contributed by atoms with Gasteiger partial charge in [0.05, 0.1) is 11.0 Å². The Labute approximate surface area is 138 Å². The Balaban J connectivity index is 1.71. The van der Waals surface area contributed by atoms with E-state index in [1.54, 1.807) is 0 Å². The first kappa shape index (κ1) is 14.1. The number of para-hydroxylation sites is 2. The molecule has 0 amide bonds. The number of aromatic amines is 1. The summed E-state index contributed by atoms with van der Waals surface area (Å²) in [5, 5.41) is 2.72. The zero-order valence-electron chi connectivity index (χ0n) is 12.6. The molecule has 3 aromatic carbocycles. The third kappa shape index (κ3) is 2.53. The molecule has 114 valence electrons. The number of H-pyrrole nitrogens is 1. The zero-order valence-corrected chi connectivity index (χ0v) is 13.3. The van der Waals surface area contributed by atoms with Gasteiger partial charge in [-0.15, -0.1) is 0 Å². The molecule has 0 fully saturated rings. The van der Waals surface area contributed by atoms with Gasteiger partial charge in [-0.3, -0.25) is 0 Å². The lowest BCUT2D eigenvalue weighted by Crippen LogP contribution is -2.05. The maximum Gasteiger partial charge on any atom is 0.153 e. The van der Waals surface area contributed by atoms with Gasteiger partial charge in [0.15, 0.2) is 6.10 Å². The number of rotatable bonds is 3. The molecule has 23 heavy (non-hydrogen) atoms. The summed E-state index contributed by atoms with van der Waals surface area (Å²) in [6, 6.07) is 19.7. The van der Waals surface area contributed by atoms with Crippen LogP contribution in [0.5, 0.6) is 5.75 Å². The van der Waals surface area contributed by atoms with E-state index in [1.165, 1.54) is 0 Å². The van der Waals surface area contributed by atoms with E-state index < -0.39 is 0 Å². The van der Waals surface area contributed by atoms with Crippen LogP contribution in [0, 0.1) is 0 Å². The number of halogens is 1. The summed E-state index contributed by atoms with van der Waals surface area (Å²) in [4.78, 5) is 7.91. The third-order valence-electron chi connectivity index (χ3n) is 3.93. The zero-order chi connectivity index (χ0) is 15.8. The van der Waals surface area contributed by atoms with Crippen LogP contribution in [0.2, 0.25) is 5.02 Å². The van der Waals surface area contributed by atoms with Gasteiger partial charge >= 0.3 is 0 Å². The van der Waals surface area contributed by atoms with Crippen molar-refractivity contribution in [1.29, 1.82) is 0 Å². The van der Waals surface area contributed by atoms with Crippen molar-refractivity contribution in [2.24, 2.45) is 0 Å². The number of aromatic nitrogens is 2. The van der Waals surface area contributed by atoms with Gasteiger partial charge in [-0.05, 0) is 31.2 Å². The number of hydrogen-bond donors (Lipinski definition) is 1. The molecule has 4 aromatic rings. The Morgan fingerprint density at radius 3 is 2.52 bits per heavy atom. The Morgan fingerprint density at radius 2 is 1.70 bits per heavy atom. The van der Waals surface area contributed by atoms with Gasteiger partial charge in [0.25, 0.3) is 0 Å². The summed E-state index contributed by atoms with van der Waals surface area (Å²) in [6.07, 6.45) is -0.188. The van der Waals surface area contributed by atoms with Crippen molar-refractivity contribution in [2.75, 3.05) is 0 Å². The SMILES string of the molecule is CC(Oc1ccc(Cl)c2ccccc12)c1nc2ccccc2[nH]1. The fraction of sp³-hybridized carbons (Fsp3) is 0.105. The predicted octanol–water partition coefficient (Wildman–Crippen LogP) is 5.51. The molecule has 3 nitrogen and oxygen atoms in total. The lowest BCUT2D eigenvalue weighted by molar-refractivity contribution is 0.221. The van der Waals surface area contributed by atoms with Gasteiger partial charge in [-0.2, -0.15) is 0 Å². The molecule has 1 N–H and O–H groups in total. The highest BCUT2D eigenvalue weighted by atomic mass is 35.5. The minimum Gasteiger partial charge on any atom is -0.482 e. The third-order valence-corrected chi connectivity index (χ3v) is 4.26. The van der Waals surface area contributed by atoms with Crippen LogP contribution in [0.3, 0.4) is 0 Å². The van der Waals surface area contributed by atoms with Crippen molar-refractivity contribution in [2.45, 2.75) is 13.0 Å². The maximum atomic E-state index is 6.26. The molecule has 1 unspecified atom stereocenters. The molecule has 1 heterocycles. The van der Waals surface area contributed by atoms with E-state index in [1.807, 2.05) is 67.6 Å². The summed E-state index contributed by atoms with van der Waals surface area (Å²) in [7, 11) is 0. The van der Waals surface area contributed by atoms with E-state index in [0.717, 1.165) is 38.4 Å². The van der Waals surface area contributed by atoms with E-state index >= 15 is 0 Å². The van der Waals surface area contributed by atoms with Gasteiger partial charge < -0.3 is 9.72 Å². The molecule has 0 saturated heterocycles. The van der Waals surface area contributed by atoms with Crippen LogP contribution < -0.4 is 4.74 Å². The highest BCUT2D eigenvalue weighted by molar-refractivity contribution is 6.35. The number of fused-ring (bicyclic) bond motifs is 2. The number of hydrogen-bond acceptors (Lipinski definition) is 2.